The molecule has 0 bridgehead atoms. The Labute approximate surface area is 92.9 Å². The summed E-state index contributed by atoms with van der Waals surface area (Å²) in [4.78, 5) is 15.4. The summed E-state index contributed by atoms with van der Waals surface area (Å²) in [5.74, 6) is 2.10. The first-order valence-electron chi connectivity index (χ1n) is 4.86. The SMILES string of the molecule is C#Cc1cc2cc(C(=O)OCC)ncn2c1. The third-order valence-electron chi connectivity index (χ3n) is 2.14. The number of terminal acetylenes is 1. The Morgan fingerprint density at radius 1 is 1.62 bits per heavy atom. The summed E-state index contributed by atoms with van der Waals surface area (Å²) in [6.45, 7) is 2.09. The molecule has 16 heavy (non-hydrogen) atoms. The number of carbonyl (C=O) groups is 1. The van der Waals surface area contributed by atoms with E-state index in [0.29, 0.717) is 6.61 Å². The Kier molecular flexibility index (Phi) is 2.61. The Balaban J connectivity index is 2.44. The smallest absolute Gasteiger partial charge is 0.357 e. The molecule has 2 aromatic rings. The van der Waals surface area contributed by atoms with Crippen LogP contribution in [-0.2, 0) is 4.74 Å². The minimum atomic E-state index is -0.423. The van der Waals surface area contributed by atoms with Crippen molar-refractivity contribution in [2.45, 2.75) is 6.92 Å². The van der Waals surface area contributed by atoms with Gasteiger partial charge in [0, 0.05) is 11.8 Å². The van der Waals surface area contributed by atoms with Crippen LogP contribution in [0.2, 0.25) is 0 Å². The molecule has 0 radical (unpaired) electrons. The van der Waals surface area contributed by atoms with Crippen molar-refractivity contribution in [2.24, 2.45) is 0 Å². The first-order valence-corrected chi connectivity index (χ1v) is 4.86. The van der Waals surface area contributed by atoms with Crippen molar-refractivity contribution < 1.29 is 9.53 Å². The van der Waals surface area contributed by atoms with E-state index in [-0.39, 0.29) is 5.69 Å². The Hall–Kier alpha value is -2.28. The Morgan fingerprint density at radius 2 is 2.44 bits per heavy atom. The molecule has 0 spiro atoms. The van der Waals surface area contributed by atoms with Gasteiger partial charge in [0.2, 0.25) is 0 Å². The molecule has 0 saturated heterocycles. The van der Waals surface area contributed by atoms with Gasteiger partial charge in [-0.25, -0.2) is 9.78 Å². The highest BCUT2D eigenvalue weighted by molar-refractivity contribution is 5.88. The highest BCUT2D eigenvalue weighted by Crippen LogP contribution is 2.10. The molecular formula is C12H10N2O2. The number of rotatable bonds is 2. The largest absolute Gasteiger partial charge is 0.461 e. The van der Waals surface area contributed by atoms with Gasteiger partial charge in [0.05, 0.1) is 12.1 Å². The molecular weight excluding hydrogens is 204 g/mol. The summed E-state index contributed by atoms with van der Waals surface area (Å²) in [6, 6.07) is 3.46. The zero-order valence-corrected chi connectivity index (χ0v) is 8.80. The molecule has 0 N–H and O–H groups in total. The van der Waals surface area contributed by atoms with Crippen LogP contribution in [0.5, 0.6) is 0 Å². The molecule has 0 saturated carbocycles. The van der Waals surface area contributed by atoms with Crippen molar-refractivity contribution in [3.05, 3.63) is 35.9 Å². The maximum absolute atomic E-state index is 11.4. The number of ether oxygens (including phenoxy) is 1. The third-order valence-corrected chi connectivity index (χ3v) is 2.14. The molecule has 0 aromatic carbocycles. The second-order valence-corrected chi connectivity index (χ2v) is 3.20. The van der Waals surface area contributed by atoms with Gasteiger partial charge in [-0.15, -0.1) is 6.42 Å². The standard InChI is InChI=1S/C12H10N2O2/c1-3-9-5-10-6-11(12(15)16-4-2)13-8-14(10)7-9/h1,5-8H,4H2,2H3. The maximum atomic E-state index is 11.4. The fourth-order valence-corrected chi connectivity index (χ4v) is 1.41. The van der Waals surface area contributed by atoms with Crippen LogP contribution in [0.15, 0.2) is 24.7 Å². The predicted octanol–water partition coefficient (Wildman–Crippen LogP) is 1.49. The van der Waals surface area contributed by atoms with Gasteiger partial charge in [-0.1, -0.05) is 5.92 Å². The van der Waals surface area contributed by atoms with E-state index in [1.165, 1.54) is 0 Å². The number of hydrogen-bond acceptors (Lipinski definition) is 3. The minimum Gasteiger partial charge on any atom is -0.461 e. The van der Waals surface area contributed by atoms with E-state index >= 15 is 0 Å². The molecule has 2 rings (SSSR count). The maximum Gasteiger partial charge on any atom is 0.357 e. The van der Waals surface area contributed by atoms with Crippen molar-refractivity contribution in [1.82, 2.24) is 9.38 Å². The van der Waals surface area contributed by atoms with Crippen LogP contribution < -0.4 is 0 Å². The van der Waals surface area contributed by atoms with Gasteiger partial charge in [0.15, 0.2) is 5.69 Å². The lowest BCUT2D eigenvalue weighted by Crippen LogP contribution is -2.07. The van der Waals surface area contributed by atoms with E-state index in [2.05, 4.69) is 10.9 Å². The zero-order valence-electron chi connectivity index (χ0n) is 8.80. The van der Waals surface area contributed by atoms with Crippen LogP contribution in [0, 0.1) is 12.3 Å². The van der Waals surface area contributed by atoms with Crippen LogP contribution in [0.3, 0.4) is 0 Å². The molecule has 4 nitrogen and oxygen atoms in total. The first kappa shape index (κ1) is 10.2. The van der Waals surface area contributed by atoms with Crippen molar-refractivity contribution in [3.8, 4) is 12.3 Å². The highest BCUT2D eigenvalue weighted by atomic mass is 16.5. The molecule has 2 aromatic heterocycles. The lowest BCUT2D eigenvalue weighted by Gasteiger charge is -2.01. The van der Waals surface area contributed by atoms with Crippen LogP contribution in [0.1, 0.15) is 23.0 Å². The first-order chi connectivity index (χ1) is 7.74. The summed E-state index contributed by atoms with van der Waals surface area (Å²) < 4.78 is 6.62. The average molecular weight is 214 g/mol. The van der Waals surface area contributed by atoms with Crippen molar-refractivity contribution in [2.75, 3.05) is 6.61 Å². The zero-order chi connectivity index (χ0) is 11.5. The summed E-state index contributed by atoms with van der Waals surface area (Å²) in [5, 5.41) is 0. The number of nitrogens with zero attached hydrogens (tertiary/aromatic N) is 2. The minimum absolute atomic E-state index is 0.288. The fourth-order valence-electron chi connectivity index (χ4n) is 1.41. The number of carbonyl (C=O) groups excluding carboxylic acids is 1. The van der Waals surface area contributed by atoms with Crippen molar-refractivity contribution >= 4 is 11.5 Å². The van der Waals surface area contributed by atoms with Crippen LogP contribution >= 0.6 is 0 Å². The van der Waals surface area contributed by atoms with Gasteiger partial charge >= 0.3 is 5.97 Å². The molecule has 0 amide bonds. The quantitative estimate of drug-likeness (QED) is 0.562. The van der Waals surface area contributed by atoms with Gasteiger partial charge in [-0.2, -0.15) is 0 Å². The lowest BCUT2D eigenvalue weighted by atomic mass is 10.3. The average Bonchev–Trinajstić information content (AvgIpc) is 2.70. The van der Waals surface area contributed by atoms with Crippen LogP contribution in [0.25, 0.3) is 5.52 Å². The second kappa shape index (κ2) is 4.07. The van der Waals surface area contributed by atoms with Crippen molar-refractivity contribution in [1.29, 1.82) is 0 Å². The predicted molar refractivity (Wildman–Crippen MR) is 59.1 cm³/mol. The topological polar surface area (TPSA) is 43.6 Å². The molecule has 0 fully saturated rings. The van der Waals surface area contributed by atoms with E-state index in [1.54, 1.807) is 29.9 Å². The molecule has 0 unspecified atom stereocenters. The monoisotopic (exact) mass is 214 g/mol. The molecule has 80 valence electrons. The summed E-state index contributed by atoms with van der Waals surface area (Å²) in [7, 11) is 0. The number of aromatic nitrogens is 2. The fraction of sp³-hybridized carbons (Fsp3) is 0.167. The third kappa shape index (κ3) is 1.75. The van der Waals surface area contributed by atoms with Crippen molar-refractivity contribution in [3.63, 3.8) is 0 Å². The van der Waals surface area contributed by atoms with Gasteiger partial charge in [0.25, 0.3) is 0 Å². The molecule has 0 aliphatic carbocycles. The number of hydrogen-bond donors (Lipinski definition) is 0. The van der Waals surface area contributed by atoms with E-state index in [4.69, 9.17) is 11.2 Å². The van der Waals surface area contributed by atoms with Gasteiger partial charge < -0.3 is 9.14 Å². The normalized spacial score (nSPS) is 10.0. The lowest BCUT2D eigenvalue weighted by molar-refractivity contribution is 0.0519. The van der Waals surface area contributed by atoms with E-state index in [0.717, 1.165) is 11.1 Å². The molecule has 2 heterocycles. The van der Waals surface area contributed by atoms with Crippen LogP contribution in [0.4, 0.5) is 0 Å². The van der Waals surface area contributed by atoms with E-state index in [9.17, 15) is 4.79 Å². The van der Waals surface area contributed by atoms with E-state index in [1.807, 2.05) is 6.07 Å². The molecule has 0 atom stereocenters. The number of fused-ring (bicyclic) bond motifs is 1. The Morgan fingerprint density at radius 3 is 3.12 bits per heavy atom. The summed E-state index contributed by atoms with van der Waals surface area (Å²) in [5.41, 5.74) is 1.87. The molecule has 0 aliphatic rings. The number of esters is 1. The highest BCUT2D eigenvalue weighted by Gasteiger charge is 2.09. The van der Waals surface area contributed by atoms with Gasteiger partial charge in [-0.3, -0.25) is 0 Å². The van der Waals surface area contributed by atoms with Crippen LogP contribution in [-0.4, -0.2) is 22.0 Å². The summed E-state index contributed by atoms with van der Waals surface area (Å²) >= 11 is 0. The molecule has 4 heteroatoms. The van der Waals surface area contributed by atoms with E-state index < -0.39 is 5.97 Å². The Bertz CT molecular complexity index is 578. The molecule has 0 aliphatic heterocycles. The second-order valence-electron chi connectivity index (χ2n) is 3.20. The van der Waals surface area contributed by atoms with Gasteiger partial charge in [-0.05, 0) is 19.1 Å². The summed E-state index contributed by atoms with van der Waals surface area (Å²) in [6.07, 6.45) is 8.60. The van der Waals surface area contributed by atoms with Gasteiger partial charge in [0.1, 0.15) is 6.33 Å².